The van der Waals surface area contributed by atoms with E-state index >= 15 is 0 Å². The first-order valence-corrected chi connectivity index (χ1v) is 3.84. The molecule has 0 rings (SSSR count). The van der Waals surface area contributed by atoms with Gasteiger partial charge in [-0.1, -0.05) is 0 Å². The molecule has 0 amide bonds. The molecule has 0 saturated carbocycles. The molecule has 0 aliphatic carbocycles. The van der Waals surface area contributed by atoms with Crippen molar-refractivity contribution in [1.29, 1.82) is 0 Å². The fraction of sp³-hybridized carbons (Fsp3) is 0.714. The summed E-state index contributed by atoms with van der Waals surface area (Å²) >= 11 is 0. The second kappa shape index (κ2) is 6.38. The van der Waals surface area contributed by atoms with Crippen LogP contribution in [0.1, 0.15) is 6.42 Å². The molecule has 1 unspecified atom stereocenters. The van der Waals surface area contributed by atoms with Gasteiger partial charge in [-0.15, -0.1) is 0 Å². The molecule has 6 heteroatoms. The fourth-order valence-electron chi connectivity index (χ4n) is 0.637. The summed E-state index contributed by atoms with van der Waals surface area (Å²) in [4.78, 5) is 20.8. The molecule has 0 radical (unpaired) electrons. The number of aliphatic carboxylic acids is 1. The van der Waals surface area contributed by atoms with Gasteiger partial charge < -0.3 is 20.9 Å². The van der Waals surface area contributed by atoms with E-state index in [0.717, 1.165) is 0 Å². The van der Waals surface area contributed by atoms with E-state index in [1.54, 1.807) is 0 Å². The Hall–Kier alpha value is -1.14. The molecule has 13 heavy (non-hydrogen) atoms. The smallest absolute Gasteiger partial charge is 0.321 e. The largest absolute Gasteiger partial charge is 0.480 e. The van der Waals surface area contributed by atoms with Crippen LogP contribution in [-0.2, 0) is 14.3 Å². The zero-order valence-electron chi connectivity index (χ0n) is 7.45. The van der Waals surface area contributed by atoms with E-state index in [4.69, 9.17) is 10.8 Å². The van der Waals surface area contributed by atoms with Crippen LogP contribution in [0.5, 0.6) is 0 Å². The predicted molar refractivity (Wildman–Crippen MR) is 45.1 cm³/mol. The Balaban J connectivity index is 3.35. The van der Waals surface area contributed by atoms with Gasteiger partial charge in [-0.2, -0.15) is 0 Å². The highest BCUT2D eigenvalue weighted by Crippen LogP contribution is 1.82. The lowest BCUT2D eigenvalue weighted by Crippen LogP contribution is -2.40. The van der Waals surface area contributed by atoms with Crippen LogP contribution in [0.3, 0.4) is 0 Å². The Morgan fingerprint density at radius 1 is 1.62 bits per heavy atom. The van der Waals surface area contributed by atoms with Crippen molar-refractivity contribution in [1.82, 2.24) is 5.32 Å². The van der Waals surface area contributed by atoms with Gasteiger partial charge in [-0.3, -0.25) is 9.59 Å². The molecule has 0 bridgehead atoms. The summed E-state index contributed by atoms with van der Waals surface area (Å²) in [6.45, 7) is 0.514. The number of carboxylic acid groups (broad SMARTS) is 1. The number of nitrogens with two attached hydrogens (primary N) is 1. The first-order chi connectivity index (χ1) is 6.07. The van der Waals surface area contributed by atoms with Gasteiger partial charge in [0.15, 0.2) is 0 Å². The van der Waals surface area contributed by atoms with E-state index in [9.17, 15) is 9.59 Å². The van der Waals surface area contributed by atoms with Crippen LogP contribution in [-0.4, -0.2) is 43.3 Å². The third-order valence-corrected chi connectivity index (χ3v) is 1.42. The Morgan fingerprint density at radius 3 is 2.69 bits per heavy atom. The molecule has 0 heterocycles. The van der Waals surface area contributed by atoms with E-state index in [2.05, 4.69) is 10.1 Å². The number of carboxylic acids is 1. The highest BCUT2D eigenvalue weighted by Gasteiger charge is 2.10. The van der Waals surface area contributed by atoms with Crippen molar-refractivity contribution < 1.29 is 19.4 Å². The number of ether oxygens (including phenoxy) is 1. The van der Waals surface area contributed by atoms with Gasteiger partial charge in [-0.05, 0) is 0 Å². The lowest BCUT2D eigenvalue weighted by molar-refractivity contribution is -0.140. The Labute approximate surface area is 76.0 Å². The van der Waals surface area contributed by atoms with Crippen LogP contribution in [0.25, 0.3) is 0 Å². The van der Waals surface area contributed by atoms with Crippen LogP contribution in [0.2, 0.25) is 0 Å². The van der Waals surface area contributed by atoms with E-state index < -0.39 is 12.0 Å². The van der Waals surface area contributed by atoms with E-state index in [0.29, 0.717) is 6.54 Å². The van der Waals surface area contributed by atoms with Crippen LogP contribution in [0.15, 0.2) is 0 Å². The van der Waals surface area contributed by atoms with Gasteiger partial charge in [0, 0.05) is 13.1 Å². The van der Waals surface area contributed by atoms with Crippen LogP contribution in [0.4, 0.5) is 0 Å². The molecule has 0 aromatic heterocycles. The number of carbonyl (C=O) groups is 2. The molecule has 0 aromatic rings. The van der Waals surface area contributed by atoms with Crippen LogP contribution >= 0.6 is 0 Å². The number of rotatable bonds is 6. The maximum atomic E-state index is 10.6. The van der Waals surface area contributed by atoms with Crippen molar-refractivity contribution in [2.45, 2.75) is 12.5 Å². The van der Waals surface area contributed by atoms with E-state index in [-0.39, 0.29) is 18.9 Å². The van der Waals surface area contributed by atoms with Gasteiger partial charge in [-0.25, -0.2) is 0 Å². The van der Waals surface area contributed by atoms with Gasteiger partial charge in [0.05, 0.1) is 13.5 Å². The van der Waals surface area contributed by atoms with Crippen LogP contribution in [0, 0.1) is 0 Å². The van der Waals surface area contributed by atoms with E-state index in [1.165, 1.54) is 7.11 Å². The number of hydrogen-bond acceptors (Lipinski definition) is 5. The number of hydrogen-bond donors (Lipinski definition) is 3. The molecule has 6 nitrogen and oxygen atoms in total. The predicted octanol–water partition coefficient (Wildman–Crippen LogP) is -1.45. The second-order valence-electron chi connectivity index (χ2n) is 2.47. The molecule has 0 aliphatic heterocycles. The average molecular weight is 190 g/mol. The Bertz CT molecular complexity index is 183. The minimum absolute atomic E-state index is 0.145. The minimum atomic E-state index is -1.06. The molecule has 0 aromatic carbocycles. The van der Waals surface area contributed by atoms with Gasteiger partial charge in [0.1, 0.15) is 6.04 Å². The summed E-state index contributed by atoms with van der Waals surface area (Å²) in [5.74, 6) is -1.40. The quantitative estimate of drug-likeness (QED) is 0.350. The monoisotopic (exact) mass is 190 g/mol. The average Bonchev–Trinajstić information content (AvgIpc) is 2.11. The summed E-state index contributed by atoms with van der Waals surface area (Å²) in [6.07, 6.45) is 0.211. The zero-order valence-corrected chi connectivity index (χ0v) is 7.45. The van der Waals surface area contributed by atoms with Crippen molar-refractivity contribution in [2.75, 3.05) is 20.2 Å². The molecule has 0 saturated heterocycles. The lowest BCUT2D eigenvalue weighted by atomic mass is 10.3. The van der Waals surface area contributed by atoms with Crippen molar-refractivity contribution in [3.8, 4) is 0 Å². The molecular weight excluding hydrogens is 176 g/mol. The summed E-state index contributed by atoms with van der Waals surface area (Å²) in [5, 5.41) is 11.1. The van der Waals surface area contributed by atoms with Crippen molar-refractivity contribution in [2.24, 2.45) is 5.73 Å². The minimum Gasteiger partial charge on any atom is -0.480 e. The standard InChI is InChI=1S/C7H14N2O4/c1-13-6(10)2-3-9-4-5(8)7(11)12/h5,9H,2-4,8H2,1H3,(H,11,12). The Kier molecular flexibility index (Phi) is 5.82. The lowest BCUT2D eigenvalue weighted by Gasteiger charge is -2.06. The maximum Gasteiger partial charge on any atom is 0.321 e. The molecular formula is C7H14N2O4. The van der Waals surface area contributed by atoms with Crippen molar-refractivity contribution >= 4 is 11.9 Å². The number of carbonyl (C=O) groups excluding carboxylic acids is 1. The first-order valence-electron chi connectivity index (χ1n) is 3.84. The maximum absolute atomic E-state index is 10.6. The van der Waals surface area contributed by atoms with E-state index in [1.807, 2.05) is 0 Å². The summed E-state index contributed by atoms with van der Waals surface area (Å²) in [5.41, 5.74) is 5.19. The SMILES string of the molecule is COC(=O)CCNCC(N)C(=O)O. The molecule has 76 valence electrons. The summed E-state index contributed by atoms with van der Waals surface area (Å²) in [7, 11) is 1.30. The number of methoxy groups -OCH3 is 1. The Morgan fingerprint density at radius 2 is 2.23 bits per heavy atom. The molecule has 1 atom stereocenters. The summed E-state index contributed by atoms with van der Waals surface area (Å²) < 4.78 is 4.38. The zero-order chi connectivity index (χ0) is 10.3. The second-order valence-corrected chi connectivity index (χ2v) is 2.47. The normalized spacial score (nSPS) is 12.2. The van der Waals surface area contributed by atoms with Crippen molar-refractivity contribution in [3.63, 3.8) is 0 Å². The molecule has 0 spiro atoms. The highest BCUT2D eigenvalue weighted by atomic mass is 16.5. The van der Waals surface area contributed by atoms with Gasteiger partial charge in [0.25, 0.3) is 0 Å². The first kappa shape index (κ1) is 11.9. The summed E-state index contributed by atoms with van der Waals surface area (Å²) in [6, 6.07) is -0.933. The topological polar surface area (TPSA) is 102 Å². The molecule has 0 fully saturated rings. The van der Waals surface area contributed by atoms with Gasteiger partial charge >= 0.3 is 11.9 Å². The molecule has 0 aliphatic rings. The third kappa shape index (κ3) is 6.06. The van der Waals surface area contributed by atoms with Crippen molar-refractivity contribution in [3.05, 3.63) is 0 Å². The number of esters is 1. The van der Waals surface area contributed by atoms with Gasteiger partial charge in [0.2, 0.25) is 0 Å². The molecule has 4 N–H and O–H groups in total. The highest BCUT2D eigenvalue weighted by molar-refractivity contribution is 5.73. The fourth-order valence-corrected chi connectivity index (χ4v) is 0.637. The van der Waals surface area contributed by atoms with Crippen LogP contribution < -0.4 is 11.1 Å². The number of nitrogens with one attached hydrogen (secondary N) is 1. The third-order valence-electron chi connectivity index (χ3n) is 1.42.